The third-order valence-electron chi connectivity index (χ3n) is 4.57. The van der Waals surface area contributed by atoms with E-state index in [-0.39, 0.29) is 25.2 Å². The van der Waals surface area contributed by atoms with Crippen molar-refractivity contribution in [3.8, 4) is 10.7 Å². The van der Waals surface area contributed by atoms with Gasteiger partial charge in [-0.05, 0) is 25.0 Å². The summed E-state index contributed by atoms with van der Waals surface area (Å²) in [6.07, 6.45) is -1.13. The minimum Gasteiger partial charge on any atom is -0.337 e. The number of carbonyl (C=O) groups is 1. The summed E-state index contributed by atoms with van der Waals surface area (Å²) in [7, 11) is 0. The van der Waals surface area contributed by atoms with Crippen molar-refractivity contribution in [1.29, 1.82) is 0 Å². The Balaban J connectivity index is 1.67. The van der Waals surface area contributed by atoms with Crippen LogP contribution in [-0.2, 0) is 0 Å². The molecule has 3 aromatic rings. The fraction of sp³-hybridized carbons (Fsp3) is 0.333. The van der Waals surface area contributed by atoms with Crippen LogP contribution in [-0.4, -0.2) is 45.0 Å². The Labute approximate surface area is 156 Å². The average molecular weight is 392 g/mol. The second-order valence-corrected chi connectivity index (χ2v) is 7.40. The number of para-hydroxylation sites is 1. The molecule has 4 rings (SSSR count). The molecule has 2 aromatic heterocycles. The molecule has 140 valence electrons. The monoisotopic (exact) mass is 392 g/mol. The van der Waals surface area contributed by atoms with Gasteiger partial charge in [0.2, 0.25) is 0 Å². The van der Waals surface area contributed by atoms with Crippen molar-refractivity contribution in [3.05, 3.63) is 42.4 Å². The van der Waals surface area contributed by atoms with Crippen molar-refractivity contribution in [1.82, 2.24) is 19.9 Å². The molecule has 0 aliphatic carbocycles. The van der Waals surface area contributed by atoms with Crippen LogP contribution in [0.15, 0.2) is 36.7 Å². The SMILES string of the molecule is O=C(c1nccnc1-c1nc2ccccc2s1)N1CCCC(C(F)(F)F)C1. The van der Waals surface area contributed by atoms with Gasteiger partial charge in [0.05, 0.1) is 16.1 Å². The summed E-state index contributed by atoms with van der Waals surface area (Å²) >= 11 is 1.37. The maximum absolute atomic E-state index is 13.1. The van der Waals surface area contributed by atoms with Crippen molar-refractivity contribution in [3.63, 3.8) is 0 Å². The van der Waals surface area contributed by atoms with Crippen LogP contribution in [0.4, 0.5) is 13.2 Å². The molecule has 0 spiro atoms. The van der Waals surface area contributed by atoms with Crippen molar-refractivity contribution in [2.24, 2.45) is 5.92 Å². The highest BCUT2D eigenvalue weighted by molar-refractivity contribution is 7.21. The third-order valence-corrected chi connectivity index (χ3v) is 5.61. The second-order valence-electron chi connectivity index (χ2n) is 6.37. The van der Waals surface area contributed by atoms with E-state index in [0.717, 1.165) is 10.2 Å². The van der Waals surface area contributed by atoms with E-state index in [1.165, 1.54) is 28.6 Å². The molecule has 1 amide bonds. The van der Waals surface area contributed by atoms with Gasteiger partial charge in [-0.2, -0.15) is 13.2 Å². The topological polar surface area (TPSA) is 59.0 Å². The number of aromatic nitrogens is 3. The van der Waals surface area contributed by atoms with Gasteiger partial charge >= 0.3 is 6.18 Å². The number of likely N-dealkylation sites (tertiary alicyclic amines) is 1. The van der Waals surface area contributed by atoms with Crippen LogP contribution in [0.3, 0.4) is 0 Å². The maximum atomic E-state index is 13.1. The molecule has 0 radical (unpaired) electrons. The normalized spacial score (nSPS) is 18.0. The molecular formula is C18H15F3N4OS. The van der Waals surface area contributed by atoms with E-state index in [1.54, 1.807) is 0 Å². The van der Waals surface area contributed by atoms with Gasteiger partial charge in [0.25, 0.3) is 5.91 Å². The molecule has 1 unspecified atom stereocenters. The zero-order chi connectivity index (χ0) is 19.0. The molecule has 5 nitrogen and oxygen atoms in total. The number of amides is 1. The number of halogens is 3. The standard InChI is InChI=1S/C18H15F3N4OS/c19-18(20,21)11-4-3-9-25(10-11)17(26)15-14(22-7-8-23-15)16-24-12-5-1-2-6-13(12)27-16/h1-2,5-8,11H,3-4,9-10H2. The van der Waals surface area contributed by atoms with E-state index < -0.39 is 18.0 Å². The largest absolute Gasteiger partial charge is 0.393 e. The van der Waals surface area contributed by atoms with Gasteiger partial charge in [-0.1, -0.05) is 12.1 Å². The van der Waals surface area contributed by atoms with Gasteiger partial charge < -0.3 is 4.90 Å². The average Bonchev–Trinajstić information content (AvgIpc) is 3.11. The van der Waals surface area contributed by atoms with Crippen LogP contribution in [0.2, 0.25) is 0 Å². The van der Waals surface area contributed by atoms with Gasteiger partial charge in [-0.15, -0.1) is 11.3 Å². The lowest BCUT2D eigenvalue weighted by Crippen LogP contribution is -2.45. The quantitative estimate of drug-likeness (QED) is 0.657. The minimum atomic E-state index is -4.31. The Hall–Kier alpha value is -2.55. The molecule has 1 atom stereocenters. The number of nitrogens with zero attached hydrogens (tertiary/aromatic N) is 4. The first kappa shape index (κ1) is 17.8. The third kappa shape index (κ3) is 3.51. The molecule has 1 saturated heterocycles. The van der Waals surface area contributed by atoms with Crippen molar-refractivity contribution < 1.29 is 18.0 Å². The lowest BCUT2D eigenvalue weighted by atomic mass is 9.97. The molecule has 1 aliphatic heterocycles. The van der Waals surface area contributed by atoms with E-state index in [4.69, 9.17) is 0 Å². The highest BCUT2D eigenvalue weighted by atomic mass is 32.1. The molecule has 9 heteroatoms. The Morgan fingerprint density at radius 2 is 1.96 bits per heavy atom. The Morgan fingerprint density at radius 3 is 2.74 bits per heavy atom. The summed E-state index contributed by atoms with van der Waals surface area (Å²) in [6.45, 7) is -0.0700. The number of thiazole rings is 1. The van der Waals surface area contributed by atoms with Gasteiger partial charge in [-0.25, -0.2) is 15.0 Å². The number of rotatable bonds is 2. The number of benzene rings is 1. The number of carbonyl (C=O) groups excluding carboxylic acids is 1. The fourth-order valence-corrected chi connectivity index (χ4v) is 4.17. The highest BCUT2D eigenvalue weighted by Gasteiger charge is 2.43. The second kappa shape index (κ2) is 6.88. The first-order valence-corrected chi connectivity index (χ1v) is 9.28. The number of fused-ring (bicyclic) bond motifs is 1. The first-order valence-electron chi connectivity index (χ1n) is 8.46. The lowest BCUT2D eigenvalue weighted by molar-refractivity contribution is -0.184. The van der Waals surface area contributed by atoms with Crippen LogP contribution < -0.4 is 0 Å². The summed E-state index contributed by atoms with van der Waals surface area (Å²) in [5, 5.41) is 0.525. The van der Waals surface area contributed by atoms with Crippen molar-refractivity contribution in [2.45, 2.75) is 19.0 Å². The van der Waals surface area contributed by atoms with E-state index in [9.17, 15) is 18.0 Å². The zero-order valence-electron chi connectivity index (χ0n) is 14.1. The smallest absolute Gasteiger partial charge is 0.337 e. The van der Waals surface area contributed by atoms with Crippen LogP contribution >= 0.6 is 11.3 Å². The number of hydrogen-bond acceptors (Lipinski definition) is 5. The van der Waals surface area contributed by atoms with Crippen LogP contribution in [0.1, 0.15) is 23.3 Å². The zero-order valence-corrected chi connectivity index (χ0v) is 14.9. The highest BCUT2D eigenvalue weighted by Crippen LogP contribution is 2.35. The first-order chi connectivity index (χ1) is 12.9. The van der Waals surface area contributed by atoms with Gasteiger partial charge in [0.1, 0.15) is 10.7 Å². The van der Waals surface area contributed by atoms with E-state index in [2.05, 4.69) is 15.0 Å². The predicted molar refractivity (Wildman–Crippen MR) is 95.3 cm³/mol. The van der Waals surface area contributed by atoms with Crippen molar-refractivity contribution in [2.75, 3.05) is 13.1 Å². The Bertz CT molecular complexity index is 955. The fourth-order valence-electron chi connectivity index (χ4n) is 3.20. The van der Waals surface area contributed by atoms with Gasteiger partial charge in [0.15, 0.2) is 5.69 Å². The molecule has 1 aromatic carbocycles. The molecular weight excluding hydrogens is 377 g/mol. The molecule has 0 saturated carbocycles. The molecule has 1 aliphatic rings. The van der Waals surface area contributed by atoms with E-state index >= 15 is 0 Å². The molecule has 3 heterocycles. The van der Waals surface area contributed by atoms with Crippen LogP contribution in [0.5, 0.6) is 0 Å². The maximum Gasteiger partial charge on any atom is 0.393 e. The summed E-state index contributed by atoms with van der Waals surface area (Å²) in [4.78, 5) is 27.0. The molecule has 27 heavy (non-hydrogen) atoms. The van der Waals surface area contributed by atoms with Crippen LogP contribution in [0.25, 0.3) is 20.9 Å². The summed E-state index contributed by atoms with van der Waals surface area (Å²) in [6, 6.07) is 7.51. The van der Waals surface area contributed by atoms with E-state index in [1.807, 2.05) is 24.3 Å². The Morgan fingerprint density at radius 1 is 1.19 bits per heavy atom. The lowest BCUT2D eigenvalue weighted by Gasteiger charge is -2.33. The molecule has 0 bridgehead atoms. The minimum absolute atomic E-state index is 0.0402. The van der Waals surface area contributed by atoms with Crippen molar-refractivity contribution >= 4 is 27.5 Å². The van der Waals surface area contributed by atoms with E-state index in [0.29, 0.717) is 17.1 Å². The van der Waals surface area contributed by atoms with Gasteiger partial charge in [0, 0.05) is 25.5 Å². The van der Waals surface area contributed by atoms with Gasteiger partial charge in [-0.3, -0.25) is 4.79 Å². The van der Waals surface area contributed by atoms with Crippen LogP contribution in [0, 0.1) is 5.92 Å². The molecule has 1 fully saturated rings. The predicted octanol–water partition coefficient (Wildman–Crippen LogP) is 4.17. The number of alkyl halides is 3. The summed E-state index contributed by atoms with van der Waals surface area (Å²) < 4.78 is 40.1. The summed E-state index contributed by atoms with van der Waals surface area (Å²) in [5.41, 5.74) is 1.12. The number of hydrogen-bond donors (Lipinski definition) is 0. The Kier molecular flexibility index (Phi) is 4.55. The number of piperidine rings is 1. The summed E-state index contributed by atoms with van der Waals surface area (Å²) in [5.74, 6) is -2.04. The molecule has 0 N–H and O–H groups in total.